The van der Waals surface area contributed by atoms with E-state index in [2.05, 4.69) is 19.9 Å². The number of likely N-dealkylation sites (N-methyl/N-ethyl adjacent to an activating group) is 1. The third-order valence-electron chi connectivity index (χ3n) is 5.11. The summed E-state index contributed by atoms with van der Waals surface area (Å²) in [5.74, 6) is 0.307. The van der Waals surface area contributed by atoms with Crippen LogP contribution in [0.2, 0.25) is 0 Å². The smallest absolute Gasteiger partial charge is 0.280 e. The second-order valence-corrected chi connectivity index (χ2v) is 6.92. The number of nitrogens with one attached hydrogen (secondary N) is 1. The van der Waals surface area contributed by atoms with Crippen LogP contribution in [0.15, 0.2) is 4.79 Å². The highest BCUT2D eigenvalue weighted by Crippen LogP contribution is 2.35. The molecule has 0 bridgehead atoms. The summed E-state index contributed by atoms with van der Waals surface area (Å²) in [5, 5.41) is 30.0. The fourth-order valence-electron chi connectivity index (χ4n) is 3.55. The highest BCUT2D eigenvalue weighted by Gasteiger charge is 2.45. The molecular weight excluding hydrogens is 358 g/mol. The number of piperazine rings is 1. The van der Waals surface area contributed by atoms with Gasteiger partial charge < -0.3 is 35.6 Å². The van der Waals surface area contributed by atoms with Crippen molar-refractivity contribution in [3.8, 4) is 0 Å². The van der Waals surface area contributed by atoms with Crippen LogP contribution in [0.1, 0.15) is 6.23 Å². The molecule has 0 saturated carbocycles. The normalized spacial score (nSPS) is 29.7. The van der Waals surface area contributed by atoms with E-state index < -0.39 is 36.7 Å². The van der Waals surface area contributed by atoms with Gasteiger partial charge in [0, 0.05) is 26.2 Å². The van der Waals surface area contributed by atoms with Crippen LogP contribution < -0.4 is 16.2 Å². The number of ether oxygens (including phenoxy) is 1. The van der Waals surface area contributed by atoms with Crippen molar-refractivity contribution in [3.05, 3.63) is 10.4 Å². The van der Waals surface area contributed by atoms with Gasteiger partial charge in [-0.15, -0.1) is 0 Å². The quantitative estimate of drug-likeness (QED) is 0.371. The Morgan fingerprint density at radius 3 is 2.56 bits per heavy atom. The van der Waals surface area contributed by atoms with Gasteiger partial charge in [0.1, 0.15) is 18.3 Å². The Morgan fingerprint density at radius 2 is 1.93 bits per heavy atom. The highest BCUT2D eigenvalue weighted by atomic mass is 16.6. The minimum absolute atomic E-state index is 0.0656. The van der Waals surface area contributed by atoms with E-state index in [-0.39, 0.29) is 17.1 Å². The van der Waals surface area contributed by atoms with E-state index in [1.165, 1.54) is 4.57 Å². The number of aliphatic hydroxyl groups is 3. The molecule has 12 nitrogen and oxygen atoms in total. The Bertz CT molecular complexity index is 891. The van der Waals surface area contributed by atoms with Crippen LogP contribution in [0.4, 0.5) is 11.9 Å². The molecular formula is C15H23N7O5. The second kappa shape index (κ2) is 6.73. The van der Waals surface area contributed by atoms with E-state index >= 15 is 0 Å². The Balaban J connectivity index is 1.86. The summed E-state index contributed by atoms with van der Waals surface area (Å²) in [6.45, 7) is 2.45. The minimum Gasteiger partial charge on any atom is -0.394 e. The number of rotatable bonds is 3. The van der Waals surface area contributed by atoms with Gasteiger partial charge in [-0.3, -0.25) is 14.3 Å². The first-order valence-electron chi connectivity index (χ1n) is 8.74. The molecule has 2 saturated heterocycles. The molecule has 2 aromatic heterocycles. The predicted octanol–water partition coefficient (Wildman–Crippen LogP) is -2.93. The number of fused-ring (bicyclic) bond motifs is 1. The number of nitrogens with zero attached hydrogens (tertiary/aromatic N) is 5. The molecule has 12 heteroatoms. The van der Waals surface area contributed by atoms with Crippen molar-refractivity contribution in [1.29, 1.82) is 0 Å². The zero-order valence-electron chi connectivity index (χ0n) is 14.8. The number of hydrogen-bond acceptors (Lipinski definition) is 10. The third kappa shape index (κ3) is 2.95. The lowest BCUT2D eigenvalue weighted by atomic mass is 10.1. The van der Waals surface area contributed by atoms with Crippen molar-refractivity contribution >= 4 is 23.1 Å². The van der Waals surface area contributed by atoms with Crippen LogP contribution >= 0.6 is 0 Å². The molecule has 0 aromatic carbocycles. The van der Waals surface area contributed by atoms with Crippen LogP contribution in [-0.4, -0.2) is 97.9 Å². The molecule has 2 aromatic rings. The van der Waals surface area contributed by atoms with E-state index in [0.717, 1.165) is 13.1 Å². The summed E-state index contributed by atoms with van der Waals surface area (Å²) in [6.07, 6.45) is -4.63. The number of imidazole rings is 1. The standard InChI is InChI=1S/C15H23N7O5/c1-20-2-4-21(5-3-20)15-17-8-11(18-14(16)19-12(8)26)22(15)13-10(25)9(24)7(6-23)27-13/h7,9-10,13,23-25H,2-6H2,1H3,(H3,16,18,19,26)/t7-,9-,10-,13-/m1/s1. The lowest BCUT2D eigenvalue weighted by Gasteiger charge is -2.34. The van der Waals surface area contributed by atoms with E-state index in [0.29, 0.717) is 19.0 Å². The average Bonchev–Trinajstić information content (AvgIpc) is 3.14. The van der Waals surface area contributed by atoms with E-state index in [4.69, 9.17) is 10.5 Å². The zero-order chi connectivity index (χ0) is 19.3. The summed E-state index contributed by atoms with van der Waals surface area (Å²) >= 11 is 0. The highest BCUT2D eigenvalue weighted by molar-refractivity contribution is 5.75. The minimum atomic E-state index is -1.33. The van der Waals surface area contributed by atoms with Crippen molar-refractivity contribution in [1.82, 2.24) is 24.4 Å². The first-order valence-corrected chi connectivity index (χ1v) is 8.74. The number of anilines is 2. The monoisotopic (exact) mass is 381 g/mol. The van der Waals surface area contributed by atoms with Gasteiger partial charge in [-0.1, -0.05) is 0 Å². The molecule has 6 N–H and O–H groups in total. The Hall–Kier alpha value is -2.25. The predicted molar refractivity (Wildman–Crippen MR) is 95.3 cm³/mol. The first-order chi connectivity index (χ1) is 12.9. The number of aromatic nitrogens is 4. The maximum Gasteiger partial charge on any atom is 0.280 e. The fraction of sp³-hybridized carbons (Fsp3) is 0.667. The molecule has 148 valence electrons. The maximum atomic E-state index is 12.3. The van der Waals surface area contributed by atoms with Crippen LogP contribution in [0.25, 0.3) is 11.2 Å². The van der Waals surface area contributed by atoms with Crippen LogP contribution in [0.5, 0.6) is 0 Å². The topological polar surface area (TPSA) is 166 Å². The molecule has 4 rings (SSSR count). The van der Waals surface area contributed by atoms with E-state index in [1.807, 2.05) is 11.9 Å². The number of hydrogen-bond donors (Lipinski definition) is 5. The van der Waals surface area contributed by atoms with Crippen LogP contribution in [0.3, 0.4) is 0 Å². The molecule has 0 unspecified atom stereocenters. The number of aliphatic hydroxyl groups excluding tert-OH is 3. The summed E-state index contributed by atoms with van der Waals surface area (Å²) in [6, 6.07) is 0. The molecule has 2 fully saturated rings. The first kappa shape index (κ1) is 18.1. The summed E-state index contributed by atoms with van der Waals surface area (Å²) in [7, 11) is 2.01. The van der Waals surface area contributed by atoms with Gasteiger partial charge in [0.2, 0.25) is 11.9 Å². The molecule has 0 radical (unpaired) electrons. The van der Waals surface area contributed by atoms with Gasteiger partial charge in [0.05, 0.1) is 6.61 Å². The molecule has 0 spiro atoms. The number of H-pyrrole nitrogens is 1. The van der Waals surface area contributed by atoms with Crippen LogP contribution in [-0.2, 0) is 4.74 Å². The molecule has 4 heterocycles. The van der Waals surface area contributed by atoms with E-state index in [9.17, 15) is 20.1 Å². The van der Waals surface area contributed by atoms with Gasteiger partial charge in [0.15, 0.2) is 17.4 Å². The molecule has 27 heavy (non-hydrogen) atoms. The molecule has 2 aliphatic heterocycles. The summed E-state index contributed by atoms with van der Waals surface area (Å²) in [5.41, 5.74) is 5.41. The van der Waals surface area contributed by atoms with Crippen molar-refractivity contribution in [2.45, 2.75) is 24.5 Å². The van der Waals surface area contributed by atoms with E-state index in [1.54, 1.807) is 0 Å². The van der Waals surface area contributed by atoms with Crippen molar-refractivity contribution in [2.24, 2.45) is 0 Å². The van der Waals surface area contributed by atoms with Crippen molar-refractivity contribution in [3.63, 3.8) is 0 Å². The van der Waals surface area contributed by atoms with Crippen molar-refractivity contribution in [2.75, 3.05) is 50.5 Å². The van der Waals surface area contributed by atoms with Gasteiger partial charge in [-0.05, 0) is 7.05 Å². The van der Waals surface area contributed by atoms with Gasteiger partial charge in [-0.2, -0.15) is 4.98 Å². The Labute approximate surface area is 153 Å². The molecule has 2 aliphatic rings. The Morgan fingerprint density at radius 1 is 1.22 bits per heavy atom. The summed E-state index contributed by atoms with van der Waals surface area (Å²) in [4.78, 5) is 27.5. The fourth-order valence-corrected chi connectivity index (χ4v) is 3.55. The number of nitrogens with two attached hydrogens (primary N) is 1. The maximum absolute atomic E-state index is 12.3. The largest absolute Gasteiger partial charge is 0.394 e. The van der Waals surface area contributed by atoms with Gasteiger partial charge in [-0.25, -0.2) is 4.98 Å². The number of aromatic amines is 1. The molecule has 4 atom stereocenters. The molecule has 0 aliphatic carbocycles. The second-order valence-electron chi connectivity index (χ2n) is 6.92. The van der Waals surface area contributed by atoms with Gasteiger partial charge in [0.25, 0.3) is 5.56 Å². The van der Waals surface area contributed by atoms with Crippen molar-refractivity contribution < 1.29 is 20.1 Å². The lowest BCUT2D eigenvalue weighted by molar-refractivity contribution is -0.0505. The molecule has 0 amide bonds. The third-order valence-corrected chi connectivity index (χ3v) is 5.11. The van der Waals surface area contributed by atoms with Gasteiger partial charge >= 0.3 is 0 Å². The Kier molecular flexibility index (Phi) is 4.52. The zero-order valence-corrected chi connectivity index (χ0v) is 14.8. The number of nitrogen functional groups attached to an aromatic ring is 1. The average molecular weight is 381 g/mol. The summed E-state index contributed by atoms with van der Waals surface area (Å²) < 4.78 is 7.14. The SMILES string of the molecule is CN1CCN(c2nc3c(=O)[nH]c(N)nc3n2[C@@H]2O[C@H](CO)[C@@H](O)[C@H]2O)CC1. The lowest BCUT2D eigenvalue weighted by Crippen LogP contribution is -2.46. The van der Waals surface area contributed by atoms with Crippen LogP contribution in [0, 0.1) is 0 Å².